The topological polar surface area (TPSA) is 67.4 Å². The van der Waals surface area contributed by atoms with Crippen LogP contribution in [0, 0.1) is 5.41 Å². The van der Waals surface area contributed by atoms with Gasteiger partial charge in [0, 0.05) is 18.2 Å². The molecule has 0 saturated heterocycles. The Labute approximate surface area is 148 Å². The van der Waals surface area contributed by atoms with Crippen molar-refractivity contribution in [1.82, 2.24) is 0 Å². The van der Waals surface area contributed by atoms with Gasteiger partial charge in [-0.05, 0) is 29.7 Å². The molecular formula is C20H24N2O3. The number of hydrogen-bond acceptors (Lipinski definition) is 3. The molecule has 2 N–H and O–H groups in total. The molecule has 0 aliphatic carbocycles. The standard InChI is InChI=1S/C20H24N2O3/c1-20(2,3)13-18(23)22-17-11-6-5-10-16(17)19(24)21-14-8-7-9-15(12-14)25-4/h5-12H,13H2,1-4H3,(H,21,24)(H,22,23). The minimum Gasteiger partial charge on any atom is -0.497 e. The van der Waals surface area contributed by atoms with E-state index in [1.165, 1.54) is 0 Å². The zero-order valence-electron chi connectivity index (χ0n) is 15.1. The number of methoxy groups -OCH3 is 1. The highest BCUT2D eigenvalue weighted by Gasteiger charge is 2.18. The van der Waals surface area contributed by atoms with Gasteiger partial charge in [0.15, 0.2) is 0 Å². The van der Waals surface area contributed by atoms with Crippen LogP contribution in [0.2, 0.25) is 0 Å². The van der Waals surface area contributed by atoms with E-state index in [1.807, 2.05) is 20.8 Å². The summed E-state index contributed by atoms with van der Waals surface area (Å²) in [5.41, 5.74) is 1.41. The molecule has 0 aliphatic heterocycles. The highest BCUT2D eigenvalue weighted by Crippen LogP contribution is 2.23. The van der Waals surface area contributed by atoms with Crippen molar-refractivity contribution in [3.05, 3.63) is 54.1 Å². The number of ether oxygens (including phenoxy) is 1. The Morgan fingerprint density at radius 2 is 1.72 bits per heavy atom. The average molecular weight is 340 g/mol. The molecule has 132 valence electrons. The Morgan fingerprint density at radius 1 is 1.00 bits per heavy atom. The molecule has 0 bridgehead atoms. The number of amides is 2. The van der Waals surface area contributed by atoms with E-state index >= 15 is 0 Å². The first kappa shape index (κ1) is 18.5. The van der Waals surface area contributed by atoms with Crippen molar-refractivity contribution in [2.75, 3.05) is 17.7 Å². The van der Waals surface area contributed by atoms with E-state index in [2.05, 4.69) is 10.6 Å². The molecule has 25 heavy (non-hydrogen) atoms. The van der Waals surface area contributed by atoms with Crippen LogP contribution >= 0.6 is 0 Å². The fourth-order valence-electron chi connectivity index (χ4n) is 2.37. The Balaban J connectivity index is 2.16. The van der Waals surface area contributed by atoms with Crippen LogP contribution in [0.3, 0.4) is 0 Å². The number of benzene rings is 2. The second-order valence-corrected chi connectivity index (χ2v) is 7.02. The van der Waals surface area contributed by atoms with Crippen LogP contribution in [0.4, 0.5) is 11.4 Å². The van der Waals surface area contributed by atoms with E-state index in [0.717, 1.165) is 0 Å². The largest absolute Gasteiger partial charge is 0.497 e. The maximum Gasteiger partial charge on any atom is 0.257 e. The van der Waals surface area contributed by atoms with Gasteiger partial charge in [0.1, 0.15) is 5.75 Å². The maximum absolute atomic E-state index is 12.6. The normalized spacial score (nSPS) is 10.9. The van der Waals surface area contributed by atoms with Crippen molar-refractivity contribution in [3.8, 4) is 5.75 Å². The molecule has 0 aromatic heterocycles. The van der Waals surface area contributed by atoms with Gasteiger partial charge in [-0.15, -0.1) is 0 Å². The first-order valence-corrected chi connectivity index (χ1v) is 8.13. The van der Waals surface area contributed by atoms with Crippen molar-refractivity contribution in [2.45, 2.75) is 27.2 Å². The molecule has 5 nitrogen and oxygen atoms in total. The SMILES string of the molecule is COc1cccc(NC(=O)c2ccccc2NC(=O)CC(C)(C)C)c1. The van der Waals surface area contributed by atoms with E-state index in [0.29, 0.717) is 29.1 Å². The van der Waals surface area contributed by atoms with Gasteiger partial charge < -0.3 is 15.4 Å². The van der Waals surface area contributed by atoms with Gasteiger partial charge in [-0.3, -0.25) is 9.59 Å². The molecule has 2 amide bonds. The lowest BCUT2D eigenvalue weighted by Crippen LogP contribution is -2.22. The Bertz CT molecular complexity index is 764. The van der Waals surface area contributed by atoms with Crippen LogP contribution in [0.15, 0.2) is 48.5 Å². The van der Waals surface area contributed by atoms with Crippen LogP contribution in [-0.2, 0) is 4.79 Å². The number of hydrogen-bond donors (Lipinski definition) is 2. The highest BCUT2D eigenvalue weighted by atomic mass is 16.5. The molecule has 0 radical (unpaired) electrons. The van der Waals surface area contributed by atoms with Crippen molar-refractivity contribution < 1.29 is 14.3 Å². The first-order valence-electron chi connectivity index (χ1n) is 8.13. The van der Waals surface area contributed by atoms with Gasteiger partial charge in [0.2, 0.25) is 5.91 Å². The third-order valence-electron chi connectivity index (χ3n) is 3.46. The van der Waals surface area contributed by atoms with E-state index in [1.54, 1.807) is 55.6 Å². The number of anilines is 2. The lowest BCUT2D eigenvalue weighted by atomic mass is 9.92. The van der Waals surface area contributed by atoms with Crippen molar-refractivity contribution in [2.24, 2.45) is 5.41 Å². The van der Waals surface area contributed by atoms with Gasteiger partial charge >= 0.3 is 0 Å². The molecule has 2 aromatic rings. The third-order valence-corrected chi connectivity index (χ3v) is 3.46. The summed E-state index contributed by atoms with van der Waals surface area (Å²) in [6, 6.07) is 14.1. The fourth-order valence-corrected chi connectivity index (χ4v) is 2.37. The third kappa shape index (κ3) is 5.64. The zero-order chi connectivity index (χ0) is 18.4. The molecule has 0 aliphatic rings. The molecule has 0 fully saturated rings. The summed E-state index contributed by atoms with van der Waals surface area (Å²) >= 11 is 0. The predicted octanol–water partition coefficient (Wildman–Crippen LogP) is 4.32. The summed E-state index contributed by atoms with van der Waals surface area (Å²) in [5, 5.41) is 5.66. The fraction of sp³-hybridized carbons (Fsp3) is 0.300. The Morgan fingerprint density at radius 3 is 2.40 bits per heavy atom. The molecule has 0 saturated carbocycles. The molecule has 2 rings (SSSR count). The molecule has 5 heteroatoms. The Kier molecular flexibility index (Phi) is 5.80. The lowest BCUT2D eigenvalue weighted by Gasteiger charge is -2.18. The zero-order valence-corrected chi connectivity index (χ0v) is 15.1. The minimum atomic E-state index is -0.292. The van der Waals surface area contributed by atoms with Crippen LogP contribution < -0.4 is 15.4 Å². The summed E-state index contributed by atoms with van der Waals surface area (Å²) in [6.45, 7) is 5.98. The molecule has 2 aromatic carbocycles. The van der Waals surface area contributed by atoms with Crippen molar-refractivity contribution in [1.29, 1.82) is 0 Å². The summed E-state index contributed by atoms with van der Waals surface area (Å²) in [6.07, 6.45) is 0.374. The van der Waals surface area contributed by atoms with E-state index < -0.39 is 0 Å². The highest BCUT2D eigenvalue weighted by molar-refractivity contribution is 6.10. The van der Waals surface area contributed by atoms with Gasteiger partial charge in [-0.1, -0.05) is 39.0 Å². The summed E-state index contributed by atoms with van der Waals surface area (Å²) < 4.78 is 5.16. The van der Waals surface area contributed by atoms with E-state index in [4.69, 9.17) is 4.74 Å². The van der Waals surface area contributed by atoms with Gasteiger partial charge in [-0.25, -0.2) is 0 Å². The average Bonchev–Trinajstić information content (AvgIpc) is 2.53. The monoisotopic (exact) mass is 340 g/mol. The first-order chi connectivity index (χ1) is 11.8. The molecule has 0 spiro atoms. The van der Waals surface area contributed by atoms with E-state index in [9.17, 15) is 9.59 Å². The minimum absolute atomic E-state index is 0.117. The van der Waals surface area contributed by atoms with Crippen molar-refractivity contribution in [3.63, 3.8) is 0 Å². The molecular weight excluding hydrogens is 316 g/mol. The summed E-state index contributed by atoms with van der Waals surface area (Å²) in [4.78, 5) is 24.8. The second kappa shape index (κ2) is 7.83. The molecule has 0 heterocycles. The van der Waals surface area contributed by atoms with Gasteiger partial charge in [0.05, 0.1) is 18.4 Å². The summed E-state index contributed by atoms with van der Waals surface area (Å²) in [7, 11) is 1.57. The molecule has 0 unspecified atom stereocenters. The predicted molar refractivity (Wildman–Crippen MR) is 100 cm³/mol. The summed E-state index contributed by atoms with van der Waals surface area (Å²) in [5.74, 6) is 0.249. The number of para-hydroxylation sites is 1. The quantitative estimate of drug-likeness (QED) is 0.851. The van der Waals surface area contributed by atoms with Gasteiger partial charge in [-0.2, -0.15) is 0 Å². The number of nitrogens with one attached hydrogen (secondary N) is 2. The van der Waals surface area contributed by atoms with Crippen LogP contribution in [0.5, 0.6) is 5.75 Å². The number of carbonyl (C=O) groups excluding carboxylic acids is 2. The van der Waals surface area contributed by atoms with Crippen molar-refractivity contribution >= 4 is 23.2 Å². The number of rotatable bonds is 5. The second-order valence-electron chi connectivity index (χ2n) is 7.02. The lowest BCUT2D eigenvalue weighted by molar-refractivity contribution is -0.117. The Hall–Kier alpha value is -2.82. The van der Waals surface area contributed by atoms with Crippen LogP contribution in [-0.4, -0.2) is 18.9 Å². The molecule has 0 atom stereocenters. The van der Waals surface area contributed by atoms with Crippen LogP contribution in [0.1, 0.15) is 37.6 Å². The van der Waals surface area contributed by atoms with E-state index in [-0.39, 0.29) is 17.2 Å². The number of carbonyl (C=O) groups is 2. The maximum atomic E-state index is 12.6. The van der Waals surface area contributed by atoms with Crippen LogP contribution in [0.25, 0.3) is 0 Å². The van der Waals surface area contributed by atoms with Gasteiger partial charge in [0.25, 0.3) is 5.91 Å². The smallest absolute Gasteiger partial charge is 0.257 e.